The Labute approximate surface area is 206 Å². The van der Waals surface area contributed by atoms with Crippen molar-refractivity contribution < 1.29 is 17.9 Å². The van der Waals surface area contributed by atoms with Crippen LogP contribution in [0.1, 0.15) is 21.5 Å². The maximum absolute atomic E-state index is 13.3. The van der Waals surface area contributed by atoms with Gasteiger partial charge in [-0.05, 0) is 77.3 Å². The number of halogens is 1. The summed E-state index contributed by atoms with van der Waals surface area (Å²) in [6.07, 6.45) is 0. The molecule has 0 saturated heterocycles. The maximum Gasteiger partial charge on any atom is 0.265 e. The number of rotatable bonds is 6. The lowest BCUT2D eigenvalue weighted by Gasteiger charge is -2.16. The largest absolute Gasteiger partial charge is 0.495 e. The molecule has 1 aromatic heterocycles. The van der Waals surface area contributed by atoms with Crippen LogP contribution in [0.3, 0.4) is 0 Å². The molecule has 0 fully saturated rings. The molecule has 0 aliphatic heterocycles. The van der Waals surface area contributed by atoms with Crippen molar-refractivity contribution in [1.82, 2.24) is 9.78 Å². The van der Waals surface area contributed by atoms with Crippen molar-refractivity contribution in [3.63, 3.8) is 0 Å². The minimum Gasteiger partial charge on any atom is -0.495 e. The van der Waals surface area contributed by atoms with Crippen molar-refractivity contribution in [2.45, 2.75) is 18.7 Å². The SMILES string of the molecule is COc1ccc(NC(=O)c2ccc3c(Br)nn(C)c3c2)cc1S(=O)(=O)Nc1c(C)cccc1C. The summed E-state index contributed by atoms with van der Waals surface area (Å²) >= 11 is 3.40. The molecule has 0 aliphatic rings. The molecule has 0 bridgehead atoms. The zero-order chi connectivity index (χ0) is 24.6. The highest BCUT2D eigenvalue weighted by atomic mass is 79.9. The molecule has 4 aromatic rings. The zero-order valence-corrected chi connectivity index (χ0v) is 21.4. The summed E-state index contributed by atoms with van der Waals surface area (Å²) in [5, 5.41) is 7.95. The highest BCUT2D eigenvalue weighted by Crippen LogP contribution is 2.31. The first-order valence-corrected chi connectivity index (χ1v) is 12.6. The average molecular weight is 543 g/mol. The normalized spacial score (nSPS) is 11.4. The molecule has 4 rings (SSSR count). The lowest BCUT2D eigenvalue weighted by molar-refractivity contribution is 0.102. The minimum absolute atomic E-state index is 0.0820. The highest BCUT2D eigenvalue weighted by Gasteiger charge is 2.22. The molecule has 10 heteroatoms. The monoisotopic (exact) mass is 542 g/mol. The summed E-state index contributed by atoms with van der Waals surface area (Å²) < 4.78 is 36.8. The van der Waals surface area contributed by atoms with Gasteiger partial charge in [0.2, 0.25) is 0 Å². The summed E-state index contributed by atoms with van der Waals surface area (Å²) in [5.41, 5.74) is 3.62. The Balaban J connectivity index is 1.66. The van der Waals surface area contributed by atoms with E-state index in [9.17, 15) is 13.2 Å². The fourth-order valence-corrected chi connectivity index (χ4v) is 5.66. The Bertz CT molecular complexity index is 1510. The van der Waals surface area contributed by atoms with Crippen LogP contribution >= 0.6 is 15.9 Å². The molecule has 0 radical (unpaired) electrons. The number of aryl methyl sites for hydroxylation is 3. The van der Waals surface area contributed by atoms with Gasteiger partial charge in [0, 0.05) is 23.7 Å². The number of nitrogens with zero attached hydrogens (tertiary/aromatic N) is 2. The van der Waals surface area contributed by atoms with Crippen LogP contribution in [-0.2, 0) is 17.1 Å². The maximum atomic E-state index is 13.3. The Kier molecular flexibility index (Phi) is 6.37. The highest BCUT2D eigenvalue weighted by molar-refractivity contribution is 9.10. The molecule has 1 amide bonds. The van der Waals surface area contributed by atoms with Crippen LogP contribution in [0, 0.1) is 13.8 Å². The van der Waals surface area contributed by atoms with Gasteiger partial charge < -0.3 is 10.1 Å². The number of hydrogen-bond donors (Lipinski definition) is 2. The molecule has 1 heterocycles. The number of ether oxygens (including phenoxy) is 1. The van der Waals surface area contributed by atoms with Crippen molar-refractivity contribution in [1.29, 1.82) is 0 Å². The number of fused-ring (bicyclic) bond motifs is 1. The fourth-order valence-electron chi connectivity index (χ4n) is 3.69. The predicted octanol–water partition coefficient (Wildman–Crippen LogP) is 5.01. The molecule has 3 aromatic carbocycles. The van der Waals surface area contributed by atoms with Crippen molar-refractivity contribution in [2.75, 3.05) is 17.1 Å². The number of carbonyl (C=O) groups excluding carboxylic acids is 1. The van der Waals surface area contributed by atoms with E-state index in [2.05, 4.69) is 31.1 Å². The number of amides is 1. The van der Waals surface area contributed by atoms with Gasteiger partial charge in [0.15, 0.2) is 0 Å². The first-order chi connectivity index (χ1) is 16.1. The summed E-state index contributed by atoms with van der Waals surface area (Å²) in [6, 6.07) is 15.2. The molecule has 0 unspecified atom stereocenters. The Morgan fingerprint density at radius 2 is 1.76 bits per heavy atom. The third kappa shape index (κ3) is 4.51. The topological polar surface area (TPSA) is 102 Å². The van der Waals surface area contributed by atoms with E-state index < -0.39 is 10.0 Å². The van der Waals surface area contributed by atoms with Gasteiger partial charge in [0.1, 0.15) is 15.2 Å². The smallest absolute Gasteiger partial charge is 0.265 e. The number of carbonyl (C=O) groups is 1. The van der Waals surface area contributed by atoms with E-state index in [-0.39, 0.29) is 16.6 Å². The van der Waals surface area contributed by atoms with Crippen LogP contribution in [0.5, 0.6) is 5.75 Å². The summed E-state index contributed by atoms with van der Waals surface area (Å²) in [4.78, 5) is 12.8. The number of hydrogen-bond acceptors (Lipinski definition) is 5. The quantitative estimate of drug-likeness (QED) is 0.356. The lowest BCUT2D eigenvalue weighted by atomic mass is 10.1. The number of benzene rings is 3. The first-order valence-electron chi connectivity index (χ1n) is 10.3. The van der Waals surface area contributed by atoms with E-state index in [1.165, 1.54) is 19.2 Å². The van der Waals surface area contributed by atoms with Crippen LogP contribution in [-0.4, -0.2) is 31.2 Å². The number of methoxy groups -OCH3 is 1. The molecular weight excluding hydrogens is 520 g/mol. The first kappa shape index (κ1) is 23.8. The van der Waals surface area contributed by atoms with Crippen molar-refractivity contribution in [3.05, 3.63) is 75.9 Å². The van der Waals surface area contributed by atoms with E-state index >= 15 is 0 Å². The molecule has 0 atom stereocenters. The summed E-state index contributed by atoms with van der Waals surface area (Å²) in [7, 11) is -0.813. The third-order valence-corrected chi connectivity index (χ3v) is 7.45. The molecule has 8 nitrogen and oxygen atoms in total. The van der Waals surface area contributed by atoms with Gasteiger partial charge >= 0.3 is 0 Å². The summed E-state index contributed by atoms with van der Waals surface area (Å²) in [6.45, 7) is 3.66. The lowest BCUT2D eigenvalue weighted by Crippen LogP contribution is -2.17. The van der Waals surface area contributed by atoms with Crippen LogP contribution in [0.15, 0.2) is 64.1 Å². The van der Waals surface area contributed by atoms with E-state index in [1.807, 2.05) is 32.0 Å². The molecule has 176 valence electrons. The molecule has 0 spiro atoms. The Hall–Kier alpha value is -3.37. The van der Waals surface area contributed by atoms with Gasteiger partial charge in [0.05, 0.1) is 18.3 Å². The predicted molar refractivity (Wildman–Crippen MR) is 136 cm³/mol. The second-order valence-corrected chi connectivity index (χ2v) is 10.2. The van der Waals surface area contributed by atoms with E-state index in [1.54, 1.807) is 36.0 Å². The number of para-hydroxylation sites is 1. The second-order valence-electron chi connectivity index (χ2n) is 7.84. The zero-order valence-electron chi connectivity index (χ0n) is 19.0. The van der Waals surface area contributed by atoms with Gasteiger partial charge in [0.25, 0.3) is 15.9 Å². The van der Waals surface area contributed by atoms with Crippen molar-refractivity contribution in [2.24, 2.45) is 7.05 Å². The standard InChI is InChI=1S/C24H23BrN4O4S/c1-14-6-5-7-15(2)22(14)28-34(31,32)21-13-17(9-11-20(21)33-4)26-24(30)16-8-10-18-19(12-16)29(3)27-23(18)25/h5-13,28H,1-4H3,(H,26,30). The Morgan fingerprint density at radius 1 is 1.06 bits per heavy atom. The van der Waals surface area contributed by atoms with E-state index in [0.717, 1.165) is 22.0 Å². The van der Waals surface area contributed by atoms with Crippen molar-refractivity contribution >= 4 is 54.1 Å². The fraction of sp³-hybridized carbons (Fsp3) is 0.167. The summed E-state index contributed by atoms with van der Waals surface area (Å²) in [5.74, 6) is -0.215. The van der Waals surface area contributed by atoms with Gasteiger partial charge in [-0.25, -0.2) is 8.42 Å². The van der Waals surface area contributed by atoms with Crippen LogP contribution < -0.4 is 14.8 Å². The molecule has 2 N–H and O–H groups in total. The van der Waals surface area contributed by atoms with Crippen molar-refractivity contribution in [3.8, 4) is 5.75 Å². The number of sulfonamides is 1. The molecular formula is C24H23BrN4O4S. The van der Waals surface area contributed by atoms with E-state index in [4.69, 9.17) is 4.74 Å². The molecule has 0 aliphatic carbocycles. The van der Waals surface area contributed by atoms with Gasteiger partial charge in [-0.3, -0.25) is 14.2 Å². The van der Waals surface area contributed by atoms with Crippen LogP contribution in [0.2, 0.25) is 0 Å². The van der Waals surface area contributed by atoms with Crippen LogP contribution in [0.25, 0.3) is 10.9 Å². The van der Waals surface area contributed by atoms with E-state index in [0.29, 0.717) is 21.5 Å². The molecule has 0 saturated carbocycles. The second kappa shape index (κ2) is 9.11. The minimum atomic E-state index is -4.00. The number of nitrogens with one attached hydrogen (secondary N) is 2. The Morgan fingerprint density at radius 3 is 2.44 bits per heavy atom. The number of anilines is 2. The van der Waals surface area contributed by atoms with Gasteiger partial charge in [-0.2, -0.15) is 5.10 Å². The number of aromatic nitrogens is 2. The van der Waals surface area contributed by atoms with Gasteiger partial charge in [-0.15, -0.1) is 0 Å². The van der Waals surface area contributed by atoms with Crippen LogP contribution in [0.4, 0.5) is 11.4 Å². The third-order valence-electron chi connectivity index (χ3n) is 5.50. The van der Waals surface area contributed by atoms with Gasteiger partial charge in [-0.1, -0.05) is 18.2 Å². The molecule has 34 heavy (non-hydrogen) atoms. The average Bonchev–Trinajstić information content (AvgIpc) is 3.09.